The van der Waals surface area contributed by atoms with Crippen molar-refractivity contribution in [2.75, 3.05) is 13.7 Å². The van der Waals surface area contributed by atoms with Gasteiger partial charge in [-0.15, -0.1) is 0 Å². The monoisotopic (exact) mass is 327 g/mol. The summed E-state index contributed by atoms with van der Waals surface area (Å²) in [5.41, 5.74) is 2.35. The van der Waals surface area contributed by atoms with Crippen LogP contribution in [0, 0.1) is 5.92 Å². The quantitative estimate of drug-likeness (QED) is 0.860. The van der Waals surface area contributed by atoms with Crippen LogP contribution in [-0.4, -0.2) is 41.5 Å². The Labute approximate surface area is 141 Å². The first-order valence-corrected chi connectivity index (χ1v) is 8.06. The van der Waals surface area contributed by atoms with Crippen LogP contribution < -0.4 is 0 Å². The highest BCUT2D eigenvalue weighted by Gasteiger charge is 2.50. The molecule has 0 saturated carbocycles. The molecule has 1 N–H and O–H groups in total. The second-order valence-corrected chi connectivity index (χ2v) is 6.15. The lowest BCUT2D eigenvalue weighted by atomic mass is 9.84. The summed E-state index contributed by atoms with van der Waals surface area (Å²) in [6.07, 6.45) is 0.532. The summed E-state index contributed by atoms with van der Waals surface area (Å²) < 4.78 is 5.23. The largest absolute Gasteiger partial charge is 0.465 e. The second kappa shape index (κ2) is 6.24. The van der Waals surface area contributed by atoms with E-state index in [1.54, 1.807) is 20.9 Å². The molecule has 1 aromatic carbocycles. The van der Waals surface area contributed by atoms with Crippen molar-refractivity contribution in [2.45, 2.75) is 26.0 Å². The van der Waals surface area contributed by atoms with E-state index in [0.29, 0.717) is 16.8 Å². The average molecular weight is 327 g/mol. The molecular weight excluding hydrogens is 306 g/mol. The first-order valence-electron chi connectivity index (χ1n) is 8.06. The Bertz CT molecular complexity index is 735. The fourth-order valence-electron chi connectivity index (χ4n) is 3.62. The molecule has 3 unspecified atom stereocenters. The number of carbonyl (C=O) groups is 2. The van der Waals surface area contributed by atoms with E-state index in [1.165, 1.54) is 6.08 Å². The van der Waals surface area contributed by atoms with Crippen LogP contribution in [0.15, 0.2) is 53.3 Å². The van der Waals surface area contributed by atoms with Gasteiger partial charge in [0.1, 0.15) is 12.0 Å². The molecule has 3 atom stereocenters. The molecule has 126 valence electrons. The number of likely N-dealkylation sites (N-methyl/N-ethyl adjacent to an activating group) is 1. The number of aliphatic hydroxyl groups excluding tert-OH is 1. The molecule has 0 radical (unpaired) electrons. The fourth-order valence-corrected chi connectivity index (χ4v) is 3.62. The standard InChI is InChI=1S/C19H21NO4/c1-4-24-19(23)15-14-13(21)10-11(2)18(22)17(14)20(3)16(15)12-8-6-5-7-9-12/h5-10,15-16,18,22H,4H2,1-3H3. The highest BCUT2D eigenvalue weighted by molar-refractivity contribution is 6.10. The molecule has 1 aromatic rings. The predicted octanol–water partition coefficient (Wildman–Crippen LogP) is 2.00. The summed E-state index contributed by atoms with van der Waals surface area (Å²) in [6.45, 7) is 3.70. The van der Waals surface area contributed by atoms with Crippen LogP contribution >= 0.6 is 0 Å². The molecule has 1 heterocycles. The van der Waals surface area contributed by atoms with Gasteiger partial charge in [-0.2, -0.15) is 0 Å². The smallest absolute Gasteiger partial charge is 0.316 e. The molecule has 0 saturated heterocycles. The van der Waals surface area contributed by atoms with Crippen LogP contribution in [0.4, 0.5) is 0 Å². The lowest BCUT2D eigenvalue weighted by molar-refractivity contribution is -0.148. The Morgan fingerprint density at radius 2 is 1.96 bits per heavy atom. The summed E-state index contributed by atoms with van der Waals surface area (Å²) in [4.78, 5) is 27.1. The van der Waals surface area contributed by atoms with Crippen LogP contribution in [-0.2, 0) is 14.3 Å². The number of allylic oxidation sites excluding steroid dienone is 1. The zero-order valence-corrected chi connectivity index (χ0v) is 14.0. The van der Waals surface area contributed by atoms with Crippen molar-refractivity contribution in [2.24, 2.45) is 5.92 Å². The maximum atomic E-state index is 12.6. The molecule has 0 bridgehead atoms. The van der Waals surface area contributed by atoms with Crippen molar-refractivity contribution in [1.82, 2.24) is 4.90 Å². The molecule has 24 heavy (non-hydrogen) atoms. The summed E-state index contributed by atoms with van der Waals surface area (Å²) in [5, 5.41) is 10.6. The number of ether oxygens (including phenoxy) is 1. The van der Waals surface area contributed by atoms with Gasteiger partial charge in [0.05, 0.1) is 18.3 Å². The summed E-state index contributed by atoms with van der Waals surface area (Å²) in [5.74, 6) is -1.40. The molecule has 1 aliphatic heterocycles. The summed E-state index contributed by atoms with van der Waals surface area (Å²) in [7, 11) is 1.81. The Morgan fingerprint density at radius 1 is 1.29 bits per heavy atom. The fraction of sp³-hybridized carbons (Fsp3) is 0.368. The predicted molar refractivity (Wildman–Crippen MR) is 88.9 cm³/mol. The van der Waals surface area contributed by atoms with Crippen LogP contribution in [0.25, 0.3) is 0 Å². The number of carbonyl (C=O) groups excluding carboxylic acids is 2. The molecule has 5 nitrogen and oxygen atoms in total. The van der Waals surface area contributed by atoms with Crippen molar-refractivity contribution in [3.63, 3.8) is 0 Å². The normalized spacial score (nSPS) is 26.3. The van der Waals surface area contributed by atoms with Gasteiger partial charge in [-0.05, 0) is 31.1 Å². The lowest BCUT2D eigenvalue weighted by Crippen LogP contribution is -2.30. The molecular formula is C19H21NO4. The van der Waals surface area contributed by atoms with Crippen molar-refractivity contribution in [1.29, 1.82) is 0 Å². The van der Waals surface area contributed by atoms with E-state index in [0.717, 1.165) is 5.56 Å². The molecule has 0 amide bonds. The maximum absolute atomic E-state index is 12.6. The van der Waals surface area contributed by atoms with E-state index in [1.807, 2.05) is 35.2 Å². The van der Waals surface area contributed by atoms with Crippen LogP contribution in [0.1, 0.15) is 25.5 Å². The average Bonchev–Trinajstić information content (AvgIpc) is 2.88. The summed E-state index contributed by atoms with van der Waals surface area (Å²) >= 11 is 0. The number of rotatable bonds is 3. The zero-order valence-electron chi connectivity index (χ0n) is 14.0. The highest BCUT2D eigenvalue weighted by Crippen LogP contribution is 2.47. The minimum absolute atomic E-state index is 0.226. The summed E-state index contributed by atoms with van der Waals surface area (Å²) in [6, 6.07) is 9.16. The first-order chi connectivity index (χ1) is 11.5. The molecule has 0 aromatic heterocycles. The van der Waals surface area contributed by atoms with E-state index in [4.69, 9.17) is 4.74 Å². The third-order valence-corrected chi connectivity index (χ3v) is 4.70. The van der Waals surface area contributed by atoms with Gasteiger partial charge in [-0.25, -0.2) is 0 Å². The number of ketones is 1. The van der Waals surface area contributed by atoms with Gasteiger partial charge in [-0.1, -0.05) is 30.3 Å². The van der Waals surface area contributed by atoms with Crippen molar-refractivity contribution in [3.8, 4) is 0 Å². The Hall–Kier alpha value is -2.40. The van der Waals surface area contributed by atoms with Gasteiger partial charge in [-0.3, -0.25) is 9.59 Å². The number of benzene rings is 1. The van der Waals surface area contributed by atoms with Crippen LogP contribution in [0.2, 0.25) is 0 Å². The van der Waals surface area contributed by atoms with Gasteiger partial charge in [0.2, 0.25) is 0 Å². The number of esters is 1. The van der Waals surface area contributed by atoms with Gasteiger partial charge >= 0.3 is 5.97 Å². The zero-order chi connectivity index (χ0) is 17.4. The highest BCUT2D eigenvalue weighted by atomic mass is 16.5. The van der Waals surface area contributed by atoms with Gasteiger partial charge in [0, 0.05) is 12.6 Å². The van der Waals surface area contributed by atoms with E-state index < -0.39 is 18.0 Å². The molecule has 3 rings (SSSR count). The van der Waals surface area contributed by atoms with Crippen molar-refractivity contribution < 1.29 is 19.4 Å². The van der Waals surface area contributed by atoms with Crippen LogP contribution in [0.3, 0.4) is 0 Å². The third-order valence-electron chi connectivity index (χ3n) is 4.70. The first kappa shape index (κ1) is 16.5. The number of nitrogens with zero attached hydrogens (tertiary/aromatic N) is 1. The lowest BCUT2D eigenvalue weighted by Gasteiger charge is -2.30. The maximum Gasteiger partial charge on any atom is 0.316 e. The number of aliphatic hydroxyl groups is 1. The molecule has 1 aliphatic carbocycles. The van der Waals surface area contributed by atoms with Crippen LogP contribution in [0.5, 0.6) is 0 Å². The van der Waals surface area contributed by atoms with Gasteiger partial charge < -0.3 is 14.7 Å². The van der Waals surface area contributed by atoms with E-state index in [-0.39, 0.29) is 18.4 Å². The molecule has 5 heteroatoms. The number of hydrogen-bond donors (Lipinski definition) is 1. The van der Waals surface area contributed by atoms with E-state index in [2.05, 4.69) is 0 Å². The molecule has 0 spiro atoms. The van der Waals surface area contributed by atoms with Crippen molar-refractivity contribution in [3.05, 3.63) is 58.8 Å². The Morgan fingerprint density at radius 3 is 2.58 bits per heavy atom. The minimum atomic E-state index is -0.881. The number of hydrogen-bond acceptors (Lipinski definition) is 5. The Kier molecular flexibility index (Phi) is 4.28. The van der Waals surface area contributed by atoms with E-state index >= 15 is 0 Å². The second-order valence-electron chi connectivity index (χ2n) is 6.15. The minimum Gasteiger partial charge on any atom is -0.465 e. The van der Waals surface area contributed by atoms with Gasteiger partial charge in [0.15, 0.2) is 5.78 Å². The molecule has 0 fully saturated rings. The van der Waals surface area contributed by atoms with E-state index in [9.17, 15) is 14.7 Å². The third kappa shape index (κ3) is 2.45. The SMILES string of the molecule is CCOC(=O)C1C2=C(C(O)C(C)=CC2=O)N(C)C1c1ccccc1. The molecule has 2 aliphatic rings. The van der Waals surface area contributed by atoms with Crippen molar-refractivity contribution >= 4 is 11.8 Å². The Balaban J connectivity index is 2.12. The topological polar surface area (TPSA) is 66.8 Å². The van der Waals surface area contributed by atoms with Gasteiger partial charge in [0.25, 0.3) is 0 Å².